The first-order chi connectivity index (χ1) is 10.3. The molecule has 0 aliphatic carbocycles. The van der Waals surface area contributed by atoms with Crippen molar-refractivity contribution >= 4 is 0 Å². The first kappa shape index (κ1) is 14.2. The highest BCUT2D eigenvalue weighted by Crippen LogP contribution is 2.25. The molecule has 0 aromatic carbocycles. The molecule has 0 atom stereocenters. The van der Waals surface area contributed by atoms with Crippen molar-refractivity contribution < 1.29 is 4.74 Å². The van der Waals surface area contributed by atoms with E-state index in [0.29, 0.717) is 0 Å². The third-order valence-corrected chi connectivity index (χ3v) is 3.97. The van der Waals surface area contributed by atoms with E-state index in [0.717, 1.165) is 50.3 Å². The van der Waals surface area contributed by atoms with Gasteiger partial charge in [0, 0.05) is 63.2 Å². The van der Waals surface area contributed by atoms with Gasteiger partial charge in [0.05, 0.1) is 18.5 Å². The summed E-state index contributed by atoms with van der Waals surface area (Å²) < 4.78 is 6.99. The van der Waals surface area contributed by atoms with Gasteiger partial charge >= 0.3 is 0 Å². The van der Waals surface area contributed by atoms with Gasteiger partial charge in [-0.1, -0.05) is 0 Å². The molecule has 1 aliphatic rings. The summed E-state index contributed by atoms with van der Waals surface area (Å²) in [6.07, 6.45) is 7.50. The summed E-state index contributed by atoms with van der Waals surface area (Å²) in [6.45, 7) is 3.80. The van der Waals surface area contributed by atoms with Crippen molar-refractivity contribution in [3.05, 3.63) is 30.0 Å². The summed E-state index contributed by atoms with van der Waals surface area (Å²) in [5, 5.41) is 4.25. The Labute approximate surface area is 124 Å². The summed E-state index contributed by atoms with van der Waals surface area (Å²) in [5.74, 6) is 0. The Morgan fingerprint density at radius 2 is 2.10 bits per heavy atom. The Morgan fingerprint density at radius 3 is 2.86 bits per heavy atom. The van der Waals surface area contributed by atoms with E-state index in [9.17, 15) is 0 Å². The summed E-state index contributed by atoms with van der Waals surface area (Å²) >= 11 is 0. The van der Waals surface area contributed by atoms with Gasteiger partial charge in [0.1, 0.15) is 6.33 Å². The number of methoxy groups -OCH3 is 1. The Morgan fingerprint density at radius 1 is 1.24 bits per heavy atom. The molecule has 3 heterocycles. The molecule has 0 unspecified atom stereocenters. The average Bonchev–Trinajstić information content (AvgIpc) is 2.82. The van der Waals surface area contributed by atoms with Crippen LogP contribution in [-0.4, -0.2) is 58.0 Å². The molecule has 0 fully saturated rings. The van der Waals surface area contributed by atoms with Crippen LogP contribution in [0.4, 0.5) is 0 Å². The monoisotopic (exact) mass is 287 g/mol. The van der Waals surface area contributed by atoms with Gasteiger partial charge in [0.15, 0.2) is 0 Å². The Kier molecular flexibility index (Phi) is 4.26. The number of aryl methyl sites for hydroxylation is 1. The van der Waals surface area contributed by atoms with Crippen LogP contribution in [-0.2, 0) is 24.6 Å². The maximum absolute atomic E-state index is 5.18. The van der Waals surface area contributed by atoms with Crippen LogP contribution in [0.5, 0.6) is 0 Å². The first-order valence-corrected chi connectivity index (χ1v) is 7.31. The standard InChI is InChI=1S/C15H21N5O/c1-19-10-12(9-18-19)15-13-3-5-20(7-8-21-2)6-4-14(13)16-11-17-15/h9-11H,3-8H2,1-2H3. The molecule has 0 radical (unpaired) electrons. The molecule has 112 valence electrons. The Bertz CT molecular complexity index is 610. The van der Waals surface area contributed by atoms with E-state index in [1.807, 2.05) is 24.1 Å². The smallest absolute Gasteiger partial charge is 0.116 e. The number of rotatable bonds is 4. The molecule has 6 heteroatoms. The SMILES string of the molecule is COCCN1CCc2ncnc(-c3cnn(C)c3)c2CC1. The average molecular weight is 287 g/mol. The molecule has 0 saturated heterocycles. The number of hydrogen-bond acceptors (Lipinski definition) is 5. The van der Waals surface area contributed by atoms with Gasteiger partial charge in [-0.15, -0.1) is 0 Å². The summed E-state index contributed by atoms with van der Waals surface area (Å²) in [4.78, 5) is 11.4. The minimum Gasteiger partial charge on any atom is -0.383 e. The Hall–Kier alpha value is -1.79. The largest absolute Gasteiger partial charge is 0.383 e. The second kappa shape index (κ2) is 6.32. The molecular weight excluding hydrogens is 266 g/mol. The van der Waals surface area contributed by atoms with Gasteiger partial charge in [-0.25, -0.2) is 9.97 Å². The fourth-order valence-electron chi connectivity index (χ4n) is 2.81. The molecule has 2 aromatic rings. The lowest BCUT2D eigenvalue weighted by molar-refractivity contribution is 0.150. The van der Waals surface area contributed by atoms with E-state index in [-0.39, 0.29) is 0 Å². The molecule has 2 aromatic heterocycles. The first-order valence-electron chi connectivity index (χ1n) is 7.31. The third kappa shape index (κ3) is 3.11. The Balaban J connectivity index is 1.85. The quantitative estimate of drug-likeness (QED) is 0.837. The second-order valence-electron chi connectivity index (χ2n) is 5.38. The third-order valence-electron chi connectivity index (χ3n) is 3.97. The number of nitrogens with zero attached hydrogens (tertiary/aromatic N) is 5. The zero-order valence-corrected chi connectivity index (χ0v) is 12.6. The molecule has 3 rings (SSSR count). The molecular formula is C15H21N5O. The molecule has 6 nitrogen and oxygen atoms in total. The zero-order valence-electron chi connectivity index (χ0n) is 12.6. The molecule has 0 amide bonds. The minimum absolute atomic E-state index is 0.775. The van der Waals surface area contributed by atoms with Gasteiger partial charge in [0.2, 0.25) is 0 Å². The number of aromatic nitrogens is 4. The van der Waals surface area contributed by atoms with E-state index in [1.165, 1.54) is 11.3 Å². The van der Waals surface area contributed by atoms with Crippen LogP contribution in [0.1, 0.15) is 11.3 Å². The molecule has 1 aliphatic heterocycles. The van der Waals surface area contributed by atoms with Gasteiger partial charge in [0.25, 0.3) is 0 Å². The van der Waals surface area contributed by atoms with Crippen LogP contribution in [0.3, 0.4) is 0 Å². The van der Waals surface area contributed by atoms with Crippen LogP contribution >= 0.6 is 0 Å². The maximum atomic E-state index is 5.18. The normalized spacial score (nSPS) is 15.7. The van der Waals surface area contributed by atoms with E-state index in [2.05, 4.69) is 20.0 Å². The number of ether oxygens (including phenoxy) is 1. The van der Waals surface area contributed by atoms with Gasteiger partial charge in [-0.05, 0) is 6.42 Å². The molecule has 21 heavy (non-hydrogen) atoms. The fourth-order valence-corrected chi connectivity index (χ4v) is 2.81. The van der Waals surface area contributed by atoms with E-state index < -0.39 is 0 Å². The highest BCUT2D eigenvalue weighted by Gasteiger charge is 2.19. The lowest BCUT2D eigenvalue weighted by Crippen LogP contribution is -2.29. The van der Waals surface area contributed by atoms with Crippen LogP contribution in [0.25, 0.3) is 11.3 Å². The van der Waals surface area contributed by atoms with Crippen molar-refractivity contribution in [2.75, 3.05) is 33.4 Å². The molecule has 0 bridgehead atoms. The summed E-state index contributed by atoms with van der Waals surface area (Å²) in [6, 6.07) is 0. The predicted octanol–water partition coefficient (Wildman–Crippen LogP) is 0.924. The highest BCUT2D eigenvalue weighted by molar-refractivity contribution is 5.62. The summed E-state index contributed by atoms with van der Waals surface area (Å²) in [5.41, 5.74) is 4.54. The van der Waals surface area contributed by atoms with Crippen molar-refractivity contribution in [3.8, 4) is 11.3 Å². The van der Waals surface area contributed by atoms with E-state index in [4.69, 9.17) is 4.74 Å². The van der Waals surface area contributed by atoms with Crippen molar-refractivity contribution in [2.24, 2.45) is 7.05 Å². The van der Waals surface area contributed by atoms with Crippen molar-refractivity contribution in [1.29, 1.82) is 0 Å². The van der Waals surface area contributed by atoms with Crippen molar-refractivity contribution in [1.82, 2.24) is 24.6 Å². The van der Waals surface area contributed by atoms with Crippen LogP contribution in [0, 0.1) is 0 Å². The topological polar surface area (TPSA) is 56.1 Å². The van der Waals surface area contributed by atoms with Gasteiger partial charge in [-0.2, -0.15) is 5.10 Å². The number of hydrogen-bond donors (Lipinski definition) is 0. The lowest BCUT2D eigenvalue weighted by atomic mass is 10.0. The highest BCUT2D eigenvalue weighted by atomic mass is 16.5. The molecule has 0 spiro atoms. The van der Waals surface area contributed by atoms with Crippen molar-refractivity contribution in [2.45, 2.75) is 12.8 Å². The van der Waals surface area contributed by atoms with Crippen LogP contribution in [0.2, 0.25) is 0 Å². The second-order valence-corrected chi connectivity index (χ2v) is 5.38. The maximum Gasteiger partial charge on any atom is 0.116 e. The fraction of sp³-hybridized carbons (Fsp3) is 0.533. The van der Waals surface area contributed by atoms with Gasteiger partial charge < -0.3 is 9.64 Å². The molecule has 0 N–H and O–H groups in total. The van der Waals surface area contributed by atoms with E-state index in [1.54, 1.807) is 13.4 Å². The summed E-state index contributed by atoms with van der Waals surface area (Å²) in [7, 11) is 3.67. The van der Waals surface area contributed by atoms with Crippen LogP contribution in [0.15, 0.2) is 18.7 Å². The lowest BCUT2D eigenvalue weighted by Gasteiger charge is -2.18. The number of fused-ring (bicyclic) bond motifs is 1. The zero-order chi connectivity index (χ0) is 14.7. The minimum atomic E-state index is 0.775. The van der Waals surface area contributed by atoms with E-state index >= 15 is 0 Å². The van der Waals surface area contributed by atoms with Crippen molar-refractivity contribution in [3.63, 3.8) is 0 Å². The molecule has 0 saturated carbocycles. The predicted molar refractivity (Wildman–Crippen MR) is 80.0 cm³/mol. The van der Waals surface area contributed by atoms with Gasteiger partial charge in [-0.3, -0.25) is 4.68 Å². The van der Waals surface area contributed by atoms with Crippen LogP contribution < -0.4 is 0 Å².